The zero-order chi connectivity index (χ0) is 14.4. The molecule has 1 fully saturated rings. The number of ether oxygens (including phenoxy) is 1. The van der Waals surface area contributed by atoms with Gasteiger partial charge in [0.1, 0.15) is 6.61 Å². The van der Waals surface area contributed by atoms with Crippen molar-refractivity contribution >= 4 is 24.4 Å². The van der Waals surface area contributed by atoms with E-state index in [4.69, 9.17) is 4.74 Å². The largest absolute Gasteiger partial charge is 0.483 e. The molecule has 2 rings (SSSR count). The maximum atomic E-state index is 10.8. The third-order valence-corrected chi connectivity index (χ3v) is 3.33. The van der Waals surface area contributed by atoms with Crippen LogP contribution in [0.5, 0.6) is 5.75 Å². The first kappa shape index (κ1) is 15.1. The molecule has 0 radical (unpaired) electrons. The molecule has 1 aromatic heterocycles. The average molecular weight is 296 g/mol. The Morgan fingerprint density at radius 1 is 1.30 bits per heavy atom. The molecule has 0 amide bonds. The smallest absolute Gasteiger partial charge is 0.225 e. The molecule has 7 heteroatoms. The van der Waals surface area contributed by atoms with Gasteiger partial charge in [-0.3, -0.25) is 9.69 Å². The number of piperazine rings is 1. The van der Waals surface area contributed by atoms with Crippen molar-refractivity contribution in [2.24, 2.45) is 0 Å². The first-order valence-corrected chi connectivity index (χ1v) is 7.34. The minimum Gasteiger partial charge on any atom is -0.483 e. The van der Waals surface area contributed by atoms with Crippen molar-refractivity contribution in [2.45, 2.75) is 6.92 Å². The summed E-state index contributed by atoms with van der Waals surface area (Å²) in [7, 11) is 0. The van der Waals surface area contributed by atoms with Gasteiger partial charge < -0.3 is 9.64 Å². The van der Waals surface area contributed by atoms with Crippen LogP contribution in [0.25, 0.3) is 0 Å². The predicted molar refractivity (Wildman–Crippen MR) is 80.7 cm³/mol. The highest BCUT2D eigenvalue weighted by Gasteiger charge is 2.18. The molecular formula is C13H20N4O2S. The van der Waals surface area contributed by atoms with Crippen molar-refractivity contribution in [3.8, 4) is 5.75 Å². The molecule has 20 heavy (non-hydrogen) atoms. The fourth-order valence-electron chi connectivity index (χ4n) is 2.05. The van der Waals surface area contributed by atoms with Crippen LogP contribution in [0.1, 0.15) is 6.92 Å². The number of ketones is 1. The number of hydrogen-bond donors (Lipinski definition) is 1. The Hall–Kier alpha value is -1.34. The summed E-state index contributed by atoms with van der Waals surface area (Å²) in [5, 5.41) is 0. The summed E-state index contributed by atoms with van der Waals surface area (Å²) in [6, 6.07) is 0. The minimum atomic E-state index is -0.0191. The van der Waals surface area contributed by atoms with Crippen LogP contribution >= 0.6 is 12.6 Å². The second-order valence-corrected chi connectivity index (χ2v) is 5.21. The van der Waals surface area contributed by atoms with Gasteiger partial charge in [-0.05, 0) is 6.92 Å². The fourth-order valence-corrected chi connectivity index (χ4v) is 2.33. The van der Waals surface area contributed by atoms with Crippen LogP contribution in [-0.2, 0) is 4.79 Å². The van der Waals surface area contributed by atoms with Crippen molar-refractivity contribution in [1.82, 2.24) is 14.9 Å². The van der Waals surface area contributed by atoms with E-state index in [0.29, 0.717) is 11.7 Å². The van der Waals surface area contributed by atoms with E-state index in [1.807, 2.05) is 0 Å². The van der Waals surface area contributed by atoms with E-state index < -0.39 is 0 Å². The van der Waals surface area contributed by atoms with Crippen LogP contribution in [0.2, 0.25) is 0 Å². The Bertz CT molecular complexity index is 433. The first-order valence-electron chi connectivity index (χ1n) is 6.71. The van der Waals surface area contributed by atoms with Crippen LogP contribution in [0, 0.1) is 0 Å². The lowest BCUT2D eigenvalue weighted by atomic mass is 10.3. The van der Waals surface area contributed by atoms with E-state index >= 15 is 0 Å². The number of Topliss-reactive ketones (excluding diaryl/α,β-unsaturated/α-hetero) is 1. The quantitative estimate of drug-likeness (QED) is 0.771. The molecule has 0 aliphatic carbocycles. The summed E-state index contributed by atoms with van der Waals surface area (Å²) in [6.45, 7) is 6.42. The van der Waals surface area contributed by atoms with Crippen molar-refractivity contribution in [2.75, 3.05) is 50.0 Å². The van der Waals surface area contributed by atoms with Gasteiger partial charge in [0, 0.05) is 38.5 Å². The summed E-state index contributed by atoms with van der Waals surface area (Å²) in [5.41, 5.74) is 0. The maximum absolute atomic E-state index is 10.8. The zero-order valence-electron chi connectivity index (χ0n) is 11.7. The second kappa shape index (κ2) is 7.44. The summed E-state index contributed by atoms with van der Waals surface area (Å²) in [4.78, 5) is 24.0. The summed E-state index contributed by atoms with van der Waals surface area (Å²) in [6.07, 6.45) is 3.23. The molecule has 1 aromatic rings. The van der Waals surface area contributed by atoms with Crippen molar-refractivity contribution in [3.63, 3.8) is 0 Å². The van der Waals surface area contributed by atoms with Gasteiger partial charge >= 0.3 is 0 Å². The zero-order valence-corrected chi connectivity index (χ0v) is 12.6. The van der Waals surface area contributed by atoms with Crippen LogP contribution in [0.15, 0.2) is 12.4 Å². The summed E-state index contributed by atoms with van der Waals surface area (Å²) in [5.74, 6) is 2.11. The molecule has 6 nitrogen and oxygen atoms in total. The molecular weight excluding hydrogens is 276 g/mol. The van der Waals surface area contributed by atoms with Gasteiger partial charge in [-0.2, -0.15) is 12.6 Å². The Morgan fingerprint density at radius 2 is 1.95 bits per heavy atom. The highest BCUT2D eigenvalue weighted by molar-refractivity contribution is 7.80. The molecule has 1 aliphatic rings. The number of aromatic nitrogens is 2. The molecule has 0 spiro atoms. The van der Waals surface area contributed by atoms with Gasteiger partial charge in [0.2, 0.25) is 5.95 Å². The molecule has 0 unspecified atom stereocenters. The van der Waals surface area contributed by atoms with Crippen LogP contribution in [0.3, 0.4) is 0 Å². The standard InChI is InChI=1S/C13H20N4O2S/c1-11(18)10-19-12-8-14-13(15-9-12)17-4-2-16(3-5-17)6-7-20/h8-9,20H,2-7,10H2,1H3. The Balaban J connectivity index is 1.86. The van der Waals surface area contributed by atoms with E-state index in [0.717, 1.165) is 38.5 Å². The fraction of sp³-hybridized carbons (Fsp3) is 0.615. The van der Waals surface area contributed by atoms with E-state index in [-0.39, 0.29) is 12.4 Å². The molecule has 0 bridgehead atoms. The Kier molecular flexibility index (Phi) is 5.60. The first-order chi connectivity index (χ1) is 9.69. The van der Waals surface area contributed by atoms with Crippen LogP contribution in [-0.4, -0.2) is 65.7 Å². The van der Waals surface area contributed by atoms with Crippen molar-refractivity contribution in [1.29, 1.82) is 0 Å². The monoisotopic (exact) mass is 296 g/mol. The molecule has 0 atom stereocenters. The van der Waals surface area contributed by atoms with Crippen LogP contribution in [0.4, 0.5) is 5.95 Å². The lowest BCUT2D eigenvalue weighted by Gasteiger charge is -2.34. The van der Waals surface area contributed by atoms with E-state index in [1.54, 1.807) is 12.4 Å². The molecule has 0 aromatic carbocycles. The Labute approximate surface area is 124 Å². The van der Waals surface area contributed by atoms with Gasteiger partial charge in [-0.25, -0.2) is 9.97 Å². The van der Waals surface area contributed by atoms with Gasteiger partial charge in [0.25, 0.3) is 0 Å². The number of thiol groups is 1. The van der Waals surface area contributed by atoms with Crippen molar-refractivity contribution in [3.05, 3.63) is 12.4 Å². The number of carbonyl (C=O) groups excluding carboxylic acids is 1. The number of nitrogens with zero attached hydrogens (tertiary/aromatic N) is 4. The molecule has 2 heterocycles. The minimum absolute atomic E-state index is 0.0191. The second-order valence-electron chi connectivity index (χ2n) is 4.76. The summed E-state index contributed by atoms with van der Waals surface area (Å²) < 4.78 is 5.25. The van der Waals surface area contributed by atoms with E-state index in [1.165, 1.54) is 6.92 Å². The van der Waals surface area contributed by atoms with Gasteiger partial charge in [0.05, 0.1) is 12.4 Å². The Morgan fingerprint density at radius 3 is 2.50 bits per heavy atom. The molecule has 0 N–H and O–H groups in total. The molecule has 0 saturated carbocycles. The lowest BCUT2D eigenvalue weighted by molar-refractivity contribution is -0.118. The molecule has 110 valence electrons. The number of hydrogen-bond acceptors (Lipinski definition) is 7. The highest BCUT2D eigenvalue weighted by atomic mass is 32.1. The predicted octanol–water partition coefficient (Wildman–Crippen LogP) is 0.496. The molecule has 1 aliphatic heterocycles. The van der Waals surface area contributed by atoms with Crippen LogP contribution < -0.4 is 9.64 Å². The number of rotatable bonds is 6. The normalized spacial score (nSPS) is 16.2. The van der Waals surface area contributed by atoms with Crippen molar-refractivity contribution < 1.29 is 9.53 Å². The summed E-state index contributed by atoms with van der Waals surface area (Å²) >= 11 is 4.25. The number of carbonyl (C=O) groups is 1. The van der Waals surface area contributed by atoms with E-state index in [2.05, 4.69) is 32.4 Å². The van der Waals surface area contributed by atoms with Gasteiger partial charge in [-0.15, -0.1) is 0 Å². The maximum Gasteiger partial charge on any atom is 0.225 e. The SMILES string of the molecule is CC(=O)COc1cnc(N2CCN(CCS)CC2)nc1. The topological polar surface area (TPSA) is 58.6 Å². The third-order valence-electron chi connectivity index (χ3n) is 3.13. The molecule has 1 saturated heterocycles. The number of anilines is 1. The van der Waals surface area contributed by atoms with Gasteiger partial charge in [0.15, 0.2) is 11.5 Å². The lowest BCUT2D eigenvalue weighted by Crippen LogP contribution is -2.47. The van der Waals surface area contributed by atoms with Gasteiger partial charge in [-0.1, -0.05) is 0 Å². The third kappa shape index (κ3) is 4.35. The van der Waals surface area contributed by atoms with E-state index in [9.17, 15) is 4.79 Å². The average Bonchev–Trinajstić information content (AvgIpc) is 2.47. The highest BCUT2D eigenvalue weighted by Crippen LogP contribution is 2.14.